The summed E-state index contributed by atoms with van der Waals surface area (Å²) in [5.41, 5.74) is 5.25. The second-order valence-corrected chi connectivity index (χ2v) is 9.27. The summed E-state index contributed by atoms with van der Waals surface area (Å²) in [6, 6.07) is 6.95. The van der Waals surface area contributed by atoms with Gasteiger partial charge in [0.1, 0.15) is 0 Å². The van der Waals surface area contributed by atoms with E-state index in [-0.39, 0.29) is 12.1 Å². The number of rotatable bonds is 2. The van der Waals surface area contributed by atoms with Crippen molar-refractivity contribution in [2.75, 3.05) is 19.7 Å². The van der Waals surface area contributed by atoms with Crippen LogP contribution in [0, 0.1) is 12.8 Å². The number of likely N-dealkylation sites (tertiary alicyclic amines) is 1. The molecule has 1 aliphatic carbocycles. The highest BCUT2D eigenvalue weighted by molar-refractivity contribution is 5.86. The average Bonchev–Trinajstić information content (AvgIpc) is 3.12. The number of aryl methyl sites for hydroxylation is 2. The van der Waals surface area contributed by atoms with Crippen LogP contribution in [0.4, 0.5) is 4.79 Å². The van der Waals surface area contributed by atoms with Crippen molar-refractivity contribution in [3.63, 3.8) is 0 Å². The monoisotopic (exact) mass is 395 g/mol. The number of hydrogen-bond acceptors (Lipinski definition) is 2. The molecule has 2 aromatic rings. The first kappa shape index (κ1) is 19.0. The van der Waals surface area contributed by atoms with Crippen molar-refractivity contribution >= 4 is 16.9 Å². The molecule has 0 radical (unpaired) electrons. The van der Waals surface area contributed by atoms with Gasteiger partial charge in [0.05, 0.1) is 6.10 Å². The highest BCUT2D eigenvalue weighted by Crippen LogP contribution is 2.31. The number of fused-ring (bicyclic) bond motifs is 3. The minimum Gasteiger partial charge on any atom is -0.378 e. The normalized spacial score (nSPS) is 27.6. The molecule has 0 bridgehead atoms. The Morgan fingerprint density at radius 2 is 2.14 bits per heavy atom. The molecule has 1 aromatic carbocycles. The molecular weight excluding hydrogens is 362 g/mol. The van der Waals surface area contributed by atoms with Crippen molar-refractivity contribution in [3.05, 3.63) is 35.0 Å². The van der Waals surface area contributed by atoms with E-state index in [1.165, 1.54) is 47.0 Å². The van der Waals surface area contributed by atoms with Crippen LogP contribution in [-0.4, -0.2) is 47.8 Å². The Balaban J connectivity index is 1.23. The molecule has 2 fully saturated rings. The molecule has 2 aliphatic heterocycles. The summed E-state index contributed by atoms with van der Waals surface area (Å²) in [6.07, 6.45) is 9.18. The van der Waals surface area contributed by atoms with Gasteiger partial charge in [-0.1, -0.05) is 11.6 Å². The van der Waals surface area contributed by atoms with Crippen LogP contribution in [0.25, 0.3) is 10.9 Å². The van der Waals surface area contributed by atoms with E-state index in [1.807, 2.05) is 4.90 Å². The first-order valence-corrected chi connectivity index (χ1v) is 11.4. The summed E-state index contributed by atoms with van der Waals surface area (Å²) >= 11 is 0. The Morgan fingerprint density at radius 3 is 3.00 bits per heavy atom. The third-order valence-corrected chi connectivity index (χ3v) is 7.16. The number of ether oxygens (including phenoxy) is 1. The standard InChI is InChI=1S/C24H33N3O2/c1-16-7-9-21-19(13-16)20-14-18(8-10-22(20)26-21)25-24(28)27-11-4-5-17(15-27)23-6-2-3-12-29-23/h7,9,13,17-18,23,26H,2-6,8,10-12,14-15H2,1H3,(H,25,28). The fourth-order valence-corrected chi connectivity index (χ4v) is 5.56. The lowest BCUT2D eigenvalue weighted by Crippen LogP contribution is -2.51. The van der Waals surface area contributed by atoms with Gasteiger partial charge in [-0.15, -0.1) is 0 Å². The number of H-pyrrole nitrogens is 1. The lowest BCUT2D eigenvalue weighted by molar-refractivity contribution is -0.0366. The molecule has 0 spiro atoms. The molecule has 2 N–H and O–H groups in total. The van der Waals surface area contributed by atoms with Gasteiger partial charge in [0.2, 0.25) is 0 Å². The topological polar surface area (TPSA) is 57.4 Å². The minimum atomic E-state index is 0.120. The summed E-state index contributed by atoms with van der Waals surface area (Å²) in [5, 5.41) is 4.68. The number of carbonyl (C=O) groups excluding carboxylic acids is 1. The van der Waals surface area contributed by atoms with Gasteiger partial charge in [0.15, 0.2) is 0 Å². The van der Waals surface area contributed by atoms with Crippen LogP contribution >= 0.6 is 0 Å². The molecule has 3 atom stereocenters. The van der Waals surface area contributed by atoms with Crippen LogP contribution in [-0.2, 0) is 17.6 Å². The van der Waals surface area contributed by atoms with Crippen LogP contribution in [0.5, 0.6) is 0 Å². The summed E-state index contributed by atoms with van der Waals surface area (Å²) < 4.78 is 6.01. The zero-order valence-corrected chi connectivity index (χ0v) is 17.5. The Bertz CT molecular complexity index is 884. The molecule has 2 amide bonds. The maximum atomic E-state index is 13.0. The van der Waals surface area contributed by atoms with E-state index >= 15 is 0 Å². The average molecular weight is 396 g/mol. The highest BCUT2D eigenvalue weighted by atomic mass is 16.5. The second kappa shape index (κ2) is 8.02. The highest BCUT2D eigenvalue weighted by Gasteiger charge is 2.32. The number of amides is 2. The predicted molar refractivity (Wildman–Crippen MR) is 115 cm³/mol. The maximum Gasteiger partial charge on any atom is 0.317 e. The molecule has 29 heavy (non-hydrogen) atoms. The first-order chi connectivity index (χ1) is 14.2. The lowest BCUT2D eigenvalue weighted by atomic mass is 9.88. The zero-order valence-electron chi connectivity index (χ0n) is 17.5. The molecule has 2 saturated heterocycles. The van der Waals surface area contributed by atoms with E-state index in [0.717, 1.165) is 51.8 Å². The molecule has 1 aromatic heterocycles. The molecule has 156 valence electrons. The third-order valence-electron chi connectivity index (χ3n) is 7.16. The quantitative estimate of drug-likeness (QED) is 0.795. The number of nitrogens with one attached hydrogen (secondary N) is 2. The first-order valence-electron chi connectivity index (χ1n) is 11.4. The van der Waals surface area contributed by atoms with E-state index in [2.05, 4.69) is 35.4 Å². The maximum absolute atomic E-state index is 13.0. The van der Waals surface area contributed by atoms with Gasteiger partial charge in [-0.25, -0.2) is 4.79 Å². The van der Waals surface area contributed by atoms with Crippen molar-refractivity contribution in [2.24, 2.45) is 5.92 Å². The van der Waals surface area contributed by atoms with Gasteiger partial charge in [0.25, 0.3) is 0 Å². The van der Waals surface area contributed by atoms with Crippen LogP contribution in [0.2, 0.25) is 0 Å². The second-order valence-electron chi connectivity index (χ2n) is 9.27. The number of urea groups is 1. The Hall–Kier alpha value is -2.01. The van der Waals surface area contributed by atoms with Crippen LogP contribution in [0.1, 0.15) is 55.3 Å². The van der Waals surface area contributed by atoms with Gasteiger partial charge in [-0.05, 0) is 76.0 Å². The number of carbonyl (C=O) groups is 1. The Labute approximate surface area is 173 Å². The van der Waals surface area contributed by atoms with Crippen molar-refractivity contribution in [3.8, 4) is 0 Å². The molecular formula is C24H33N3O2. The fourth-order valence-electron chi connectivity index (χ4n) is 5.56. The fraction of sp³-hybridized carbons (Fsp3) is 0.625. The molecule has 3 aliphatic rings. The molecule has 5 nitrogen and oxygen atoms in total. The Kier molecular flexibility index (Phi) is 5.25. The molecule has 3 unspecified atom stereocenters. The van der Waals surface area contributed by atoms with Gasteiger partial charge in [-0.2, -0.15) is 0 Å². The van der Waals surface area contributed by atoms with Crippen molar-refractivity contribution in [1.82, 2.24) is 15.2 Å². The van der Waals surface area contributed by atoms with Crippen molar-refractivity contribution < 1.29 is 9.53 Å². The predicted octanol–water partition coefficient (Wildman–Crippen LogP) is 4.32. The van der Waals surface area contributed by atoms with Crippen LogP contribution < -0.4 is 5.32 Å². The van der Waals surface area contributed by atoms with Gasteiger partial charge in [-0.3, -0.25) is 0 Å². The smallest absolute Gasteiger partial charge is 0.317 e. The molecule has 5 rings (SSSR count). The number of nitrogens with zero attached hydrogens (tertiary/aromatic N) is 1. The zero-order chi connectivity index (χ0) is 19.8. The summed E-state index contributed by atoms with van der Waals surface area (Å²) in [7, 11) is 0. The molecule has 5 heteroatoms. The number of piperidine rings is 1. The number of benzene rings is 1. The number of aromatic amines is 1. The third kappa shape index (κ3) is 3.89. The van der Waals surface area contributed by atoms with E-state index in [0.29, 0.717) is 12.0 Å². The van der Waals surface area contributed by atoms with Gasteiger partial charge < -0.3 is 19.9 Å². The molecule has 3 heterocycles. The van der Waals surface area contributed by atoms with Gasteiger partial charge in [0, 0.05) is 48.3 Å². The van der Waals surface area contributed by atoms with Crippen molar-refractivity contribution in [1.29, 1.82) is 0 Å². The largest absolute Gasteiger partial charge is 0.378 e. The summed E-state index contributed by atoms with van der Waals surface area (Å²) in [6.45, 7) is 4.76. The summed E-state index contributed by atoms with van der Waals surface area (Å²) in [4.78, 5) is 18.7. The minimum absolute atomic E-state index is 0.120. The van der Waals surface area contributed by atoms with Crippen LogP contribution in [0.15, 0.2) is 18.2 Å². The number of aromatic nitrogens is 1. The lowest BCUT2D eigenvalue weighted by Gasteiger charge is -2.39. The van der Waals surface area contributed by atoms with Crippen molar-refractivity contribution in [2.45, 2.75) is 70.4 Å². The summed E-state index contributed by atoms with van der Waals surface area (Å²) in [5.74, 6) is 0.504. The van der Waals surface area contributed by atoms with E-state index < -0.39 is 0 Å². The van der Waals surface area contributed by atoms with Crippen LogP contribution in [0.3, 0.4) is 0 Å². The van der Waals surface area contributed by atoms with E-state index in [9.17, 15) is 4.79 Å². The van der Waals surface area contributed by atoms with E-state index in [1.54, 1.807) is 0 Å². The Morgan fingerprint density at radius 1 is 1.21 bits per heavy atom. The van der Waals surface area contributed by atoms with E-state index in [4.69, 9.17) is 4.74 Å². The molecule has 0 saturated carbocycles. The van der Waals surface area contributed by atoms with Gasteiger partial charge >= 0.3 is 6.03 Å². The number of hydrogen-bond donors (Lipinski definition) is 2. The SMILES string of the molecule is Cc1ccc2[nH]c3c(c2c1)CC(NC(=O)N1CCCC(C2CCCCO2)C1)CC3.